The van der Waals surface area contributed by atoms with Crippen molar-refractivity contribution in [1.29, 1.82) is 0 Å². The SMILES string of the molecule is [2H]CN(C(=O)OCC1c2ccccc2-c2ccccc21)[C@@H](CC(C)C)C(=O)O. The van der Waals surface area contributed by atoms with E-state index in [4.69, 9.17) is 6.11 Å². The number of carbonyl (C=O) groups is 2. The highest BCUT2D eigenvalue weighted by molar-refractivity contribution is 5.81. The summed E-state index contributed by atoms with van der Waals surface area (Å²) in [6.07, 6.45) is -0.483. The number of fused-ring (bicyclic) bond motifs is 3. The monoisotopic (exact) mass is 368 g/mol. The van der Waals surface area contributed by atoms with Gasteiger partial charge >= 0.3 is 12.1 Å². The number of carboxylic acid groups (broad SMARTS) is 1. The highest BCUT2D eigenvalue weighted by atomic mass is 16.6. The van der Waals surface area contributed by atoms with E-state index in [1.54, 1.807) is 0 Å². The molecule has 0 radical (unpaired) electrons. The number of rotatable bonds is 6. The summed E-state index contributed by atoms with van der Waals surface area (Å²) in [5.41, 5.74) is 4.43. The summed E-state index contributed by atoms with van der Waals surface area (Å²) in [5.74, 6) is -1.14. The molecule has 27 heavy (non-hydrogen) atoms. The number of likely N-dealkylation sites (N-methyl/N-ethyl adjacent to an activating group) is 1. The largest absolute Gasteiger partial charge is 0.480 e. The summed E-state index contributed by atoms with van der Waals surface area (Å²) in [7, 11) is -0.458. The van der Waals surface area contributed by atoms with Crippen LogP contribution in [0.2, 0.25) is 0 Å². The molecule has 5 heteroatoms. The van der Waals surface area contributed by atoms with Crippen molar-refractivity contribution in [2.45, 2.75) is 32.2 Å². The molecule has 0 unspecified atom stereocenters. The van der Waals surface area contributed by atoms with Crippen LogP contribution in [0, 0.1) is 5.92 Å². The minimum atomic E-state index is -1.12. The van der Waals surface area contributed by atoms with Gasteiger partial charge in [-0.25, -0.2) is 9.59 Å². The van der Waals surface area contributed by atoms with Gasteiger partial charge in [-0.1, -0.05) is 62.4 Å². The molecular formula is C22H25NO4. The molecule has 0 saturated heterocycles. The molecule has 2 aromatic rings. The number of hydrogen-bond acceptors (Lipinski definition) is 3. The van der Waals surface area contributed by atoms with Gasteiger partial charge in [-0.15, -0.1) is 0 Å². The van der Waals surface area contributed by atoms with E-state index in [1.165, 1.54) is 0 Å². The first-order valence-electron chi connectivity index (χ1n) is 9.78. The van der Waals surface area contributed by atoms with E-state index in [0.717, 1.165) is 27.2 Å². The van der Waals surface area contributed by atoms with Crippen LogP contribution in [-0.4, -0.2) is 41.7 Å². The third-order valence-corrected chi connectivity index (χ3v) is 4.93. The maximum atomic E-state index is 12.6. The first kappa shape index (κ1) is 17.6. The second-order valence-electron chi connectivity index (χ2n) is 7.26. The van der Waals surface area contributed by atoms with Crippen molar-refractivity contribution in [2.75, 3.05) is 13.6 Å². The molecule has 2 aromatic carbocycles. The van der Waals surface area contributed by atoms with Crippen molar-refractivity contribution in [3.05, 3.63) is 59.7 Å². The summed E-state index contributed by atoms with van der Waals surface area (Å²) < 4.78 is 13.2. The van der Waals surface area contributed by atoms with Gasteiger partial charge in [-0.05, 0) is 34.6 Å². The summed E-state index contributed by atoms with van der Waals surface area (Å²) in [6.45, 7) is 3.88. The zero-order valence-corrected chi connectivity index (χ0v) is 15.6. The minimum absolute atomic E-state index is 0.0801. The molecule has 1 amide bonds. The highest BCUT2D eigenvalue weighted by Gasteiger charge is 2.32. The predicted octanol–water partition coefficient (Wildman–Crippen LogP) is 4.37. The van der Waals surface area contributed by atoms with Crippen LogP contribution < -0.4 is 0 Å². The number of hydrogen-bond donors (Lipinski definition) is 1. The Morgan fingerprint density at radius 2 is 1.67 bits per heavy atom. The van der Waals surface area contributed by atoms with E-state index in [-0.39, 0.29) is 24.9 Å². The molecular weight excluding hydrogens is 342 g/mol. The van der Waals surface area contributed by atoms with Crippen LogP contribution in [0.25, 0.3) is 11.1 Å². The molecule has 0 saturated carbocycles. The maximum Gasteiger partial charge on any atom is 0.410 e. The molecule has 0 bridgehead atoms. The molecule has 1 aliphatic carbocycles. The van der Waals surface area contributed by atoms with Crippen LogP contribution >= 0.6 is 0 Å². The Morgan fingerprint density at radius 1 is 1.11 bits per heavy atom. The van der Waals surface area contributed by atoms with Crippen LogP contribution in [0.1, 0.15) is 38.7 Å². The van der Waals surface area contributed by atoms with E-state index >= 15 is 0 Å². The summed E-state index contributed by atoms with van der Waals surface area (Å²) in [5, 5.41) is 9.48. The average Bonchev–Trinajstić information content (AvgIpc) is 2.99. The molecule has 0 aliphatic heterocycles. The third kappa shape index (κ3) is 3.82. The van der Waals surface area contributed by atoms with Crippen molar-refractivity contribution in [3.63, 3.8) is 0 Å². The zero-order valence-electron chi connectivity index (χ0n) is 16.6. The predicted molar refractivity (Wildman–Crippen MR) is 104 cm³/mol. The fourth-order valence-electron chi connectivity index (χ4n) is 3.61. The first-order chi connectivity index (χ1) is 13.4. The Morgan fingerprint density at radius 3 is 2.15 bits per heavy atom. The quantitative estimate of drug-likeness (QED) is 0.822. The number of benzene rings is 2. The Labute approximate surface area is 161 Å². The van der Waals surface area contributed by atoms with Crippen LogP contribution in [0.3, 0.4) is 0 Å². The lowest BCUT2D eigenvalue weighted by Crippen LogP contribution is -2.43. The lowest BCUT2D eigenvalue weighted by atomic mass is 9.98. The van der Waals surface area contributed by atoms with E-state index < -0.39 is 25.1 Å². The van der Waals surface area contributed by atoms with Crippen molar-refractivity contribution < 1.29 is 20.8 Å². The minimum Gasteiger partial charge on any atom is -0.480 e. The molecule has 142 valence electrons. The summed E-state index contributed by atoms with van der Waals surface area (Å²) in [4.78, 5) is 25.2. The van der Waals surface area contributed by atoms with Gasteiger partial charge in [0.25, 0.3) is 0 Å². The number of carboxylic acids is 1. The third-order valence-electron chi connectivity index (χ3n) is 4.93. The molecule has 0 fully saturated rings. The standard InChI is InChI=1S/C22H25NO4/c1-14(2)12-20(21(24)25)23(3)22(26)27-13-19-17-10-6-4-8-15(17)16-9-5-7-11-18(16)19/h4-11,14,19-20H,12-13H2,1-3H3,(H,24,25)/t20-/m0/s1/i3D. The fourth-order valence-corrected chi connectivity index (χ4v) is 3.61. The summed E-state index contributed by atoms with van der Waals surface area (Å²) in [6, 6.07) is 15.0. The Kier molecular flexibility index (Phi) is 5.10. The van der Waals surface area contributed by atoms with Gasteiger partial charge in [0.15, 0.2) is 0 Å². The van der Waals surface area contributed by atoms with Crippen molar-refractivity contribution in [2.24, 2.45) is 5.92 Å². The molecule has 3 rings (SSSR count). The topological polar surface area (TPSA) is 66.8 Å². The van der Waals surface area contributed by atoms with Gasteiger partial charge in [0.05, 0.1) is 0 Å². The highest BCUT2D eigenvalue weighted by Crippen LogP contribution is 2.44. The zero-order chi connectivity index (χ0) is 20.3. The number of aliphatic carboxylic acids is 1. The first-order valence-corrected chi connectivity index (χ1v) is 9.07. The van der Waals surface area contributed by atoms with Crippen LogP contribution in [0.15, 0.2) is 48.5 Å². The van der Waals surface area contributed by atoms with E-state index in [9.17, 15) is 14.7 Å². The second-order valence-corrected chi connectivity index (χ2v) is 7.26. The van der Waals surface area contributed by atoms with Gasteiger partial charge in [0, 0.05) is 14.3 Å². The van der Waals surface area contributed by atoms with E-state index in [0.29, 0.717) is 0 Å². The molecule has 0 spiro atoms. The lowest BCUT2D eigenvalue weighted by Gasteiger charge is -2.26. The second kappa shape index (κ2) is 7.82. The molecule has 1 aliphatic rings. The Bertz CT molecular complexity index is 822. The fraction of sp³-hybridized carbons (Fsp3) is 0.364. The maximum absolute atomic E-state index is 12.6. The van der Waals surface area contributed by atoms with Crippen LogP contribution in [0.4, 0.5) is 4.79 Å². The van der Waals surface area contributed by atoms with Crippen LogP contribution in [0.5, 0.6) is 0 Å². The van der Waals surface area contributed by atoms with Crippen molar-refractivity contribution >= 4 is 12.1 Å². The molecule has 0 heterocycles. The molecule has 5 nitrogen and oxygen atoms in total. The van der Waals surface area contributed by atoms with Crippen molar-refractivity contribution in [3.8, 4) is 11.1 Å². The lowest BCUT2D eigenvalue weighted by molar-refractivity contribution is -0.142. The van der Waals surface area contributed by atoms with E-state index in [2.05, 4.69) is 12.1 Å². The van der Waals surface area contributed by atoms with Crippen molar-refractivity contribution in [1.82, 2.24) is 4.90 Å². The Balaban J connectivity index is 1.77. The number of ether oxygens (including phenoxy) is 1. The molecule has 1 N–H and O–H groups in total. The average molecular weight is 368 g/mol. The van der Waals surface area contributed by atoms with Gasteiger partial charge in [0.1, 0.15) is 12.6 Å². The number of amides is 1. The molecule has 0 aromatic heterocycles. The Hall–Kier alpha value is -2.82. The number of carbonyl (C=O) groups excluding carboxylic acids is 1. The van der Waals surface area contributed by atoms with Crippen LogP contribution in [-0.2, 0) is 9.53 Å². The van der Waals surface area contributed by atoms with Gasteiger partial charge in [-0.2, -0.15) is 0 Å². The summed E-state index contributed by atoms with van der Waals surface area (Å²) >= 11 is 0. The smallest absolute Gasteiger partial charge is 0.410 e. The van der Waals surface area contributed by atoms with Gasteiger partial charge < -0.3 is 9.84 Å². The van der Waals surface area contributed by atoms with Gasteiger partial charge in [-0.3, -0.25) is 4.90 Å². The normalized spacial score (nSPS) is 14.3. The van der Waals surface area contributed by atoms with Gasteiger partial charge in [0.2, 0.25) is 0 Å². The molecule has 1 atom stereocenters. The number of nitrogens with zero attached hydrogens (tertiary/aromatic N) is 1. The van der Waals surface area contributed by atoms with E-state index in [1.807, 2.05) is 50.2 Å².